The number of ether oxygens (including phenoxy) is 2. The molecule has 3 aromatic rings. The van der Waals surface area contributed by atoms with Gasteiger partial charge >= 0.3 is 0 Å². The van der Waals surface area contributed by atoms with Crippen molar-refractivity contribution in [2.75, 3.05) is 20.8 Å². The predicted octanol–water partition coefficient (Wildman–Crippen LogP) is 4.50. The van der Waals surface area contributed by atoms with Gasteiger partial charge in [-0.15, -0.1) is 0 Å². The van der Waals surface area contributed by atoms with Crippen LogP contribution in [0.15, 0.2) is 48.8 Å². The Morgan fingerprint density at radius 2 is 1.94 bits per heavy atom. The van der Waals surface area contributed by atoms with Crippen LogP contribution in [0.25, 0.3) is 10.9 Å². The molecule has 0 saturated heterocycles. The van der Waals surface area contributed by atoms with Crippen LogP contribution in [-0.4, -0.2) is 42.7 Å². The molecule has 6 nitrogen and oxygen atoms in total. The maximum absolute atomic E-state index is 13.8. The maximum atomic E-state index is 13.8. The maximum Gasteiger partial charge on any atom is 0.253 e. The summed E-state index contributed by atoms with van der Waals surface area (Å²) >= 11 is 0. The van der Waals surface area contributed by atoms with Gasteiger partial charge in [-0.1, -0.05) is 0 Å². The number of fused-ring (bicyclic) bond motifs is 1. The molecule has 0 aliphatic heterocycles. The van der Waals surface area contributed by atoms with Crippen molar-refractivity contribution >= 4 is 16.8 Å². The second kappa shape index (κ2) is 10.0. The van der Waals surface area contributed by atoms with Crippen LogP contribution in [0.1, 0.15) is 47.5 Å². The second-order valence-corrected chi connectivity index (χ2v) is 8.30. The fraction of sp³-hybridized carbons (Fsp3) is 0.400. The molecule has 7 heteroatoms. The molecular weight excluding hydrogens is 409 g/mol. The first kappa shape index (κ1) is 22.1. The number of pyridine rings is 2. The first-order chi connectivity index (χ1) is 15.6. The summed E-state index contributed by atoms with van der Waals surface area (Å²) in [6, 6.07) is 10.1. The lowest BCUT2D eigenvalue weighted by Crippen LogP contribution is -2.44. The zero-order chi connectivity index (χ0) is 22.5. The van der Waals surface area contributed by atoms with Gasteiger partial charge in [0.15, 0.2) is 0 Å². The van der Waals surface area contributed by atoms with Crippen LogP contribution >= 0.6 is 0 Å². The first-order valence-electron chi connectivity index (χ1n) is 10.9. The van der Waals surface area contributed by atoms with E-state index < -0.39 is 0 Å². The highest BCUT2D eigenvalue weighted by atomic mass is 19.1. The number of amides is 1. The third-order valence-corrected chi connectivity index (χ3v) is 6.39. The van der Waals surface area contributed by atoms with Gasteiger partial charge in [-0.3, -0.25) is 9.78 Å². The molecule has 1 aliphatic carbocycles. The molecule has 1 unspecified atom stereocenters. The third kappa shape index (κ3) is 4.88. The van der Waals surface area contributed by atoms with Gasteiger partial charge in [0.2, 0.25) is 5.88 Å². The van der Waals surface area contributed by atoms with E-state index in [4.69, 9.17) is 9.47 Å². The Morgan fingerprint density at radius 3 is 2.62 bits per heavy atom. The molecule has 1 fully saturated rings. The van der Waals surface area contributed by atoms with Crippen molar-refractivity contribution in [3.8, 4) is 5.88 Å². The highest BCUT2D eigenvalue weighted by Crippen LogP contribution is 2.39. The van der Waals surface area contributed by atoms with Gasteiger partial charge in [-0.25, -0.2) is 9.37 Å². The van der Waals surface area contributed by atoms with Crippen molar-refractivity contribution < 1.29 is 18.7 Å². The lowest BCUT2D eigenvalue weighted by atomic mass is 9.75. The number of nitrogens with one attached hydrogen (secondary N) is 1. The van der Waals surface area contributed by atoms with Crippen molar-refractivity contribution in [1.82, 2.24) is 15.3 Å². The third-order valence-electron chi connectivity index (χ3n) is 6.39. The van der Waals surface area contributed by atoms with Gasteiger partial charge in [-0.05, 0) is 73.4 Å². The van der Waals surface area contributed by atoms with Crippen LogP contribution in [0.4, 0.5) is 4.39 Å². The largest absolute Gasteiger partial charge is 0.481 e. The van der Waals surface area contributed by atoms with Crippen molar-refractivity contribution in [2.24, 2.45) is 5.92 Å². The smallest absolute Gasteiger partial charge is 0.253 e. The Hall–Kier alpha value is -3.06. The predicted molar refractivity (Wildman–Crippen MR) is 120 cm³/mol. The van der Waals surface area contributed by atoms with Crippen molar-refractivity contribution in [3.63, 3.8) is 0 Å². The normalized spacial score (nSPS) is 19.5. The first-order valence-corrected chi connectivity index (χ1v) is 10.9. The molecule has 1 N–H and O–H groups in total. The molecule has 2 heterocycles. The summed E-state index contributed by atoms with van der Waals surface area (Å²) in [5.74, 6) is 0.725. The molecule has 1 aliphatic rings. The number of aromatic nitrogens is 2. The monoisotopic (exact) mass is 437 g/mol. The minimum absolute atomic E-state index is 0.0813. The average molecular weight is 438 g/mol. The minimum Gasteiger partial charge on any atom is -0.481 e. The summed E-state index contributed by atoms with van der Waals surface area (Å²) in [5.41, 5.74) is 2.47. The van der Waals surface area contributed by atoms with Gasteiger partial charge < -0.3 is 14.8 Å². The summed E-state index contributed by atoms with van der Waals surface area (Å²) in [6.45, 7) is 0.452. The quantitative estimate of drug-likeness (QED) is 0.589. The van der Waals surface area contributed by atoms with Crippen LogP contribution < -0.4 is 10.1 Å². The number of hydrogen-bond donors (Lipinski definition) is 1. The van der Waals surface area contributed by atoms with Crippen LogP contribution in [0.5, 0.6) is 5.88 Å². The molecule has 1 amide bonds. The van der Waals surface area contributed by atoms with E-state index in [1.165, 1.54) is 19.4 Å². The summed E-state index contributed by atoms with van der Waals surface area (Å²) in [6.07, 6.45) is 7.18. The van der Waals surface area contributed by atoms with Crippen molar-refractivity contribution in [3.05, 3.63) is 65.7 Å². The Balaban J connectivity index is 1.43. The molecule has 0 radical (unpaired) electrons. The number of hydrogen-bond acceptors (Lipinski definition) is 5. The van der Waals surface area contributed by atoms with Gasteiger partial charge in [0.25, 0.3) is 5.91 Å². The SMILES string of the molecule is COCC(NC(=O)c1ccc(OC)nc1)[C@H]1CC[C@@H](c2ccnc3ccc(F)cc32)CC1. The van der Waals surface area contributed by atoms with Crippen molar-refractivity contribution in [2.45, 2.75) is 37.6 Å². The van der Waals surface area contributed by atoms with Crippen LogP contribution in [-0.2, 0) is 4.74 Å². The average Bonchev–Trinajstić information content (AvgIpc) is 2.83. The lowest BCUT2D eigenvalue weighted by molar-refractivity contribution is 0.0818. The standard InChI is InChI=1S/C25H28FN3O3/c1-31-15-23(29-25(30)18-7-10-24(32-2)28-14-18)17-5-3-16(4-6-17)20-11-12-27-22-9-8-19(26)13-21(20)22/h7-14,16-17,23H,3-6,15H2,1-2H3,(H,29,30)/t16-,17+,23?. The molecule has 1 saturated carbocycles. The number of methoxy groups -OCH3 is 2. The Bertz CT molecular complexity index is 1070. The van der Waals surface area contributed by atoms with Crippen molar-refractivity contribution in [1.29, 1.82) is 0 Å². The van der Waals surface area contributed by atoms with E-state index >= 15 is 0 Å². The summed E-state index contributed by atoms with van der Waals surface area (Å²) in [5, 5.41) is 4.02. The minimum atomic E-state index is -0.240. The van der Waals surface area contributed by atoms with Gasteiger partial charge in [0.1, 0.15) is 5.82 Å². The topological polar surface area (TPSA) is 73.3 Å². The van der Waals surface area contributed by atoms with Gasteiger partial charge in [0.05, 0.1) is 30.8 Å². The molecule has 1 aromatic carbocycles. The molecule has 1 atom stereocenters. The number of rotatable bonds is 7. The summed E-state index contributed by atoms with van der Waals surface area (Å²) in [4.78, 5) is 21.2. The number of nitrogens with zero attached hydrogens (tertiary/aromatic N) is 2. The molecule has 32 heavy (non-hydrogen) atoms. The van der Waals surface area contributed by atoms with Gasteiger partial charge in [-0.2, -0.15) is 0 Å². The van der Waals surface area contributed by atoms with Crippen LogP contribution in [0.3, 0.4) is 0 Å². The van der Waals surface area contributed by atoms with Gasteiger partial charge in [0, 0.05) is 31.0 Å². The molecule has 2 aromatic heterocycles. The van der Waals surface area contributed by atoms with E-state index in [0.29, 0.717) is 29.9 Å². The fourth-order valence-corrected chi connectivity index (χ4v) is 4.69. The summed E-state index contributed by atoms with van der Waals surface area (Å²) < 4.78 is 24.3. The molecule has 4 rings (SSSR count). The van der Waals surface area contributed by atoms with E-state index in [1.807, 2.05) is 6.07 Å². The van der Waals surface area contributed by atoms with E-state index in [9.17, 15) is 9.18 Å². The number of carbonyl (C=O) groups excluding carboxylic acids is 1. The van der Waals surface area contributed by atoms with E-state index in [0.717, 1.165) is 42.1 Å². The lowest BCUT2D eigenvalue weighted by Gasteiger charge is -2.34. The van der Waals surface area contributed by atoms with E-state index in [-0.39, 0.29) is 17.8 Å². The second-order valence-electron chi connectivity index (χ2n) is 8.30. The zero-order valence-corrected chi connectivity index (χ0v) is 18.4. The number of halogens is 1. The fourth-order valence-electron chi connectivity index (χ4n) is 4.69. The van der Waals surface area contributed by atoms with E-state index in [2.05, 4.69) is 15.3 Å². The molecule has 0 spiro atoms. The number of carbonyl (C=O) groups is 1. The highest BCUT2D eigenvalue weighted by molar-refractivity contribution is 5.94. The summed E-state index contributed by atoms with van der Waals surface area (Å²) in [7, 11) is 3.19. The number of benzene rings is 1. The van der Waals surface area contributed by atoms with E-state index in [1.54, 1.807) is 37.6 Å². The Morgan fingerprint density at radius 1 is 1.12 bits per heavy atom. The molecular formula is C25H28FN3O3. The van der Waals surface area contributed by atoms with Crippen LogP contribution in [0.2, 0.25) is 0 Å². The highest BCUT2D eigenvalue weighted by Gasteiger charge is 2.30. The molecule has 0 bridgehead atoms. The Labute approximate surface area is 187 Å². The van der Waals surface area contributed by atoms with Crippen LogP contribution in [0, 0.1) is 11.7 Å². The molecule has 168 valence electrons. The Kier molecular flexibility index (Phi) is 6.95. The zero-order valence-electron chi connectivity index (χ0n) is 18.4.